The fourth-order valence-electron chi connectivity index (χ4n) is 1.66. The lowest BCUT2D eigenvalue weighted by Gasteiger charge is -2.03. The van der Waals surface area contributed by atoms with Gasteiger partial charge in [0.1, 0.15) is 5.58 Å². The van der Waals surface area contributed by atoms with Gasteiger partial charge in [-0.05, 0) is 13.0 Å². The molecule has 1 heterocycles. The summed E-state index contributed by atoms with van der Waals surface area (Å²) < 4.78 is 10.1. The van der Waals surface area contributed by atoms with Gasteiger partial charge in [-0.1, -0.05) is 11.6 Å². The summed E-state index contributed by atoms with van der Waals surface area (Å²) in [5.74, 6) is -1.68. The zero-order chi connectivity index (χ0) is 13.4. The van der Waals surface area contributed by atoms with Crippen LogP contribution in [-0.2, 0) is 4.79 Å². The van der Waals surface area contributed by atoms with Crippen molar-refractivity contribution in [2.75, 3.05) is 0 Å². The van der Waals surface area contributed by atoms with Gasteiger partial charge in [0.2, 0.25) is 5.76 Å². The Balaban J connectivity index is 2.65. The number of rotatable bonds is 2. The Morgan fingerprint density at radius 3 is 2.61 bits per heavy atom. The first kappa shape index (κ1) is 12.4. The predicted molar refractivity (Wildman–Crippen MR) is 64.2 cm³/mol. The van der Waals surface area contributed by atoms with Gasteiger partial charge in [0.25, 0.3) is 0 Å². The highest BCUT2D eigenvalue weighted by Gasteiger charge is 2.18. The van der Waals surface area contributed by atoms with Crippen LogP contribution in [0.15, 0.2) is 16.5 Å². The molecule has 0 spiro atoms. The van der Waals surface area contributed by atoms with Crippen molar-refractivity contribution >= 4 is 34.5 Å². The molecule has 0 fully saturated rings. The van der Waals surface area contributed by atoms with E-state index < -0.39 is 11.9 Å². The van der Waals surface area contributed by atoms with Gasteiger partial charge in [-0.15, -0.1) is 0 Å². The molecule has 0 radical (unpaired) electrons. The minimum atomic E-state index is -1.16. The van der Waals surface area contributed by atoms with Crippen LogP contribution in [-0.4, -0.2) is 17.0 Å². The van der Waals surface area contributed by atoms with Crippen molar-refractivity contribution in [1.82, 2.24) is 0 Å². The molecular weight excluding hydrogens is 260 g/mol. The fraction of sp³-hybridized carbons (Fsp3) is 0.167. The van der Waals surface area contributed by atoms with E-state index in [1.165, 1.54) is 19.1 Å². The maximum atomic E-state index is 10.9. The second kappa shape index (κ2) is 4.34. The van der Waals surface area contributed by atoms with Crippen molar-refractivity contribution in [2.45, 2.75) is 13.8 Å². The quantitative estimate of drug-likeness (QED) is 0.669. The fourth-order valence-corrected chi connectivity index (χ4v) is 1.86. The number of aromatic carboxylic acids is 1. The smallest absolute Gasteiger partial charge is 0.372 e. The van der Waals surface area contributed by atoms with Crippen LogP contribution in [0.4, 0.5) is 0 Å². The van der Waals surface area contributed by atoms with Crippen molar-refractivity contribution in [3.63, 3.8) is 0 Å². The molecule has 1 aromatic heterocycles. The molecule has 94 valence electrons. The Hall–Kier alpha value is -2.01. The number of carboxylic acids is 1. The number of carbonyl (C=O) groups excluding carboxylic acids is 1. The summed E-state index contributed by atoms with van der Waals surface area (Å²) in [7, 11) is 0. The van der Waals surface area contributed by atoms with E-state index in [0.717, 1.165) is 0 Å². The average molecular weight is 269 g/mol. The molecule has 6 heteroatoms. The van der Waals surface area contributed by atoms with E-state index in [9.17, 15) is 9.59 Å². The molecule has 0 saturated heterocycles. The molecule has 0 atom stereocenters. The lowest BCUT2D eigenvalue weighted by Crippen LogP contribution is -2.01. The molecule has 2 rings (SSSR count). The first-order valence-electron chi connectivity index (χ1n) is 5.04. The van der Waals surface area contributed by atoms with Crippen molar-refractivity contribution in [1.29, 1.82) is 0 Å². The molecule has 0 amide bonds. The minimum Gasteiger partial charge on any atom is -0.475 e. The molecule has 2 aromatic rings. The second-order valence-electron chi connectivity index (χ2n) is 3.73. The highest BCUT2D eigenvalue weighted by molar-refractivity contribution is 6.33. The summed E-state index contributed by atoms with van der Waals surface area (Å²) in [6.45, 7) is 2.87. The standard InChI is InChI=1S/C12H9ClO5/c1-5-7-3-8(13)10(17-6(2)14)4-9(7)18-11(5)12(15)16/h3-4H,1-2H3,(H,15,16). The number of furan rings is 1. The Kier molecular flexibility index (Phi) is 3.00. The maximum Gasteiger partial charge on any atom is 0.372 e. The zero-order valence-electron chi connectivity index (χ0n) is 9.61. The molecule has 18 heavy (non-hydrogen) atoms. The monoisotopic (exact) mass is 268 g/mol. The Bertz CT molecular complexity index is 656. The number of hydrogen-bond donors (Lipinski definition) is 1. The third kappa shape index (κ3) is 2.04. The number of ether oxygens (including phenoxy) is 1. The summed E-state index contributed by atoms with van der Waals surface area (Å²) in [5, 5.41) is 9.74. The Morgan fingerprint density at radius 1 is 1.39 bits per heavy atom. The lowest BCUT2D eigenvalue weighted by molar-refractivity contribution is -0.131. The van der Waals surface area contributed by atoms with Crippen LogP contribution >= 0.6 is 11.6 Å². The van der Waals surface area contributed by atoms with E-state index >= 15 is 0 Å². The van der Waals surface area contributed by atoms with Crippen LogP contribution in [0.5, 0.6) is 5.75 Å². The van der Waals surface area contributed by atoms with Crippen LogP contribution in [0, 0.1) is 6.92 Å². The van der Waals surface area contributed by atoms with E-state index in [4.69, 9.17) is 25.9 Å². The summed E-state index contributed by atoms with van der Waals surface area (Å²) >= 11 is 5.94. The average Bonchev–Trinajstić information content (AvgIpc) is 2.56. The van der Waals surface area contributed by atoms with Crippen molar-refractivity contribution in [3.8, 4) is 5.75 Å². The minimum absolute atomic E-state index is 0.141. The van der Waals surface area contributed by atoms with Gasteiger partial charge >= 0.3 is 11.9 Å². The zero-order valence-corrected chi connectivity index (χ0v) is 10.4. The number of esters is 1. The number of benzene rings is 1. The van der Waals surface area contributed by atoms with Crippen molar-refractivity contribution in [3.05, 3.63) is 28.5 Å². The first-order chi connectivity index (χ1) is 8.40. The SMILES string of the molecule is CC(=O)Oc1cc2oc(C(=O)O)c(C)c2cc1Cl. The highest BCUT2D eigenvalue weighted by Crippen LogP contribution is 2.34. The molecule has 0 aliphatic rings. The predicted octanol–water partition coefficient (Wildman–Crippen LogP) is 3.02. The number of fused-ring (bicyclic) bond motifs is 1. The maximum absolute atomic E-state index is 10.9. The van der Waals surface area contributed by atoms with Crippen molar-refractivity contribution < 1.29 is 23.8 Å². The van der Waals surface area contributed by atoms with E-state index in [1.807, 2.05) is 0 Å². The van der Waals surface area contributed by atoms with E-state index in [0.29, 0.717) is 16.5 Å². The molecule has 0 saturated carbocycles. The van der Waals surface area contributed by atoms with Gasteiger partial charge in [-0.25, -0.2) is 4.79 Å². The molecule has 0 bridgehead atoms. The van der Waals surface area contributed by atoms with Crippen LogP contribution < -0.4 is 4.74 Å². The number of carbonyl (C=O) groups is 2. The van der Waals surface area contributed by atoms with Gasteiger partial charge in [-0.3, -0.25) is 4.79 Å². The number of hydrogen-bond acceptors (Lipinski definition) is 4. The molecule has 1 N–H and O–H groups in total. The van der Waals surface area contributed by atoms with E-state index in [-0.39, 0.29) is 16.5 Å². The molecule has 0 aliphatic carbocycles. The van der Waals surface area contributed by atoms with Crippen LogP contribution in [0.1, 0.15) is 23.0 Å². The molecule has 1 aromatic carbocycles. The highest BCUT2D eigenvalue weighted by atomic mass is 35.5. The number of halogens is 1. The lowest BCUT2D eigenvalue weighted by atomic mass is 10.1. The summed E-state index contributed by atoms with van der Waals surface area (Å²) in [6.07, 6.45) is 0. The van der Waals surface area contributed by atoms with Crippen LogP contribution in [0.3, 0.4) is 0 Å². The number of aryl methyl sites for hydroxylation is 1. The summed E-state index contributed by atoms with van der Waals surface area (Å²) in [4.78, 5) is 21.8. The van der Waals surface area contributed by atoms with Crippen molar-refractivity contribution in [2.24, 2.45) is 0 Å². The normalized spacial score (nSPS) is 10.6. The largest absolute Gasteiger partial charge is 0.475 e. The molecule has 5 nitrogen and oxygen atoms in total. The van der Waals surface area contributed by atoms with Crippen LogP contribution in [0.2, 0.25) is 5.02 Å². The second-order valence-corrected chi connectivity index (χ2v) is 4.14. The topological polar surface area (TPSA) is 76.7 Å². The third-order valence-corrected chi connectivity index (χ3v) is 2.73. The molecule has 0 unspecified atom stereocenters. The summed E-state index contributed by atoms with van der Waals surface area (Å²) in [6, 6.07) is 2.92. The Morgan fingerprint density at radius 2 is 2.06 bits per heavy atom. The molecule has 0 aliphatic heterocycles. The van der Waals surface area contributed by atoms with Gasteiger partial charge in [-0.2, -0.15) is 0 Å². The van der Waals surface area contributed by atoms with E-state index in [2.05, 4.69) is 0 Å². The third-order valence-electron chi connectivity index (χ3n) is 2.44. The first-order valence-corrected chi connectivity index (χ1v) is 5.42. The van der Waals surface area contributed by atoms with Gasteiger partial charge in [0, 0.05) is 23.9 Å². The number of carboxylic acid groups (broad SMARTS) is 1. The Labute approximate surface area is 107 Å². The van der Waals surface area contributed by atoms with Crippen LogP contribution in [0.25, 0.3) is 11.0 Å². The van der Waals surface area contributed by atoms with Gasteiger partial charge < -0.3 is 14.3 Å². The van der Waals surface area contributed by atoms with E-state index in [1.54, 1.807) is 6.92 Å². The summed E-state index contributed by atoms with van der Waals surface area (Å²) in [5.41, 5.74) is 0.791. The molecular formula is C12H9ClO5. The van der Waals surface area contributed by atoms with Gasteiger partial charge in [0.05, 0.1) is 5.02 Å². The van der Waals surface area contributed by atoms with Gasteiger partial charge in [0.15, 0.2) is 5.75 Å².